The Labute approximate surface area is 109 Å². The molecule has 1 aliphatic carbocycles. The van der Waals surface area contributed by atoms with E-state index in [9.17, 15) is 10.2 Å². The predicted molar refractivity (Wildman–Crippen MR) is 70.4 cm³/mol. The Kier molecular flexibility index (Phi) is 4.78. The van der Waals surface area contributed by atoms with Crippen molar-refractivity contribution in [3.63, 3.8) is 0 Å². The molecule has 102 valence electrons. The van der Waals surface area contributed by atoms with Crippen molar-refractivity contribution in [1.82, 2.24) is 9.78 Å². The lowest BCUT2D eigenvalue weighted by Gasteiger charge is -2.16. The van der Waals surface area contributed by atoms with Gasteiger partial charge in [0.1, 0.15) is 0 Å². The molecule has 1 aromatic rings. The molecule has 1 heterocycles. The molecule has 1 fully saturated rings. The van der Waals surface area contributed by atoms with Crippen LogP contribution in [0, 0.1) is 0 Å². The van der Waals surface area contributed by atoms with Crippen molar-refractivity contribution in [2.75, 3.05) is 0 Å². The van der Waals surface area contributed by atoms with Crippen molar-refractivity contribution in [1.29, 1.82) is 0 Å². The van der Waals surface area contributed by atoms with Gasteiger partial charge in [-0.25, -0.2) is 0 Å². The number of hydrogen-bond donors (Lipinski definition) is 2. The van der Waals surface area contributed by atoms with Gasteiger partial charge in [0.05, 0.1) is 23.9 Å². The quantitative estimate of drug-likeness (QED) is 0.814. The monoisotopic (exact) mass is 252 g/mol. The number of hydrogen-bond acceptors (Lipinski definition) is 3. The van der Waals surface area contributed by atoms with E-state index in [0.29, 0.717) is 18.9 Å². The number of aromatic nitrogens is 2. The van der Waals surface area contributed by atoms with Crippen molar-refractivity contribution in [3.05, 3.63) is 18.0 Å². The van der Waals surface area contributed by atoms with Crippen LogP contribution in [-0.4, -0.2) is 32.2 Å². The van der Waals surface area contributed by atoms with Crippen LogP contribution in [0.2, 0.25) is 0 Å². The van der Waals surface area contributed by atoms with Gasteiger partial charge in [-0.2, -0.15) is 5.10 Å². The summed E-state index contributed by atoms with van der Waals surface area (Å²) in [6, 6.07) is 2.50. The molecular weight excluding hydrogens is 228 g/mol. The van der Waals surface area contributed by atoms with E-state index < -0.39 is 12.2 Å². The highest BCUT2D eigenvalue weighted by atomic mass is 16.3. The zero-order chi connectivity index (χ0) is 13.0. The number of aliphatic hydroxyl groups is 2. The molecule has 1 aromatic heterocycles. The predicted octanol–water partition coefficient (Wildman–Crippen LogP) is 2.06. The van der Waals surface area contributed by atoms with Gasteiger partial charge in [0, 0.05) is 12.6 Å². The van der Waals surface area contributed by atoms with Crippen LogP contribution in [0.1, 0.15) is 57.2 Å². The third kappa shape index (κ3) is 3.33. The van der Waals surface area contributed by atoms with Crippen LogP contribution in [-0.2, 0) is 6.42 Å². The Morgan fingerprint density at radius 1 is 1.33 bits per heavy atom. The molecule has 4 heteroatoms. The van der Waals surface area contributed by atoms with Gasteiger partial charge in [0.15, 0.2) is 0 Å². The lowest BCUT2D eigenvalue weighted by Crippen LogP contribution is -2.28. The maximum absolute atomic E-state index is 9.88. The van der Waals surface area contributed by atoms with Gasteiger partial charge < -0.3 is 10.2 Å². The minimum atomic E-state index is -0.697. The molecule has 2 N–H and O–H groups in total. The molecule has 0 bridgehead atoms. The molecule has 0 spiro atoms. The van der Waals surface area contributed by atoms with E-state index in [0.717, 1.165) is 12.1 Å². The van der Waals surface area contributed by atoms with E-state index in [1.807, 2.05) is 23.9 Å². The maximum Gasteiger partial charge on any atom is 0.0855 e. The van der Waals surface area contributed by atoms with Gasteiger partial charge in [-0.15, -0.1) is 0 Å². The van der Waals surface area contributed by atoms with Crippen molar-refractivity contribution >= 4 is 0 Å². The first-order valence-corrected chi connectivity index (χ1v) is 7.11. The van der Waals surface area contributed by atoms with E-state index in [2.05, 4.69) is 5.10 Å². The Bertz CT molecular complexity index is 358. The normalized spacial score (nSPS) is 20.2. The van der Waals surface area contributed by atoms with Crippen LogP contribution in [0.5, 0.6) is 0 Å². The highest BCUT2D eigenvalue weighted by Gasteiger charge is 2.20. The minimum absolute atomic E-state index is 0.445. The molecule has 0 radical (unpaired) electrons. The molecule has 0 aromatic carbocycles. The number of rotatable bonds is 6. The molecular formula is C14H24N2O2. The zero-order valence-corrected chi connectivity index (χ0v) is 11.1. The van der Waals surface area contributed by atoms with Gasteiger partial charge in [-0.05, 0) is 25.3 Å². The average molecular weight is 252 g/mol. The van der Waals surface area contributed by atoms with E-state index in [-0.39, 0.29) is 0 Å². The van der Waals surface area contributed by atoms with Gasteiger partial charge in [0.25, 0.3) is 0 Å². The van der Waals surface area contributed by atoms with Gasteiger partial charge >= 0.3 is 0 Å². The summed E-state index contributed by atoms with van der Waals surface area (Å²) in [5, 5.41) is 24.1. The smallest absolute Gasteiger partial charge is 0.0855 e. The topological polar surface area (TPSA) is 58.3 Å². The van der Waals surface area contributed by atoms with Gasteiger partial charge in [-0.1, -0.05) is 26.2 Å². The summed E-state index contributed by atoms with van der Waals surface area (Å²) in [5.41, 5.74) is 0.879. The van der Waals surface area contributed by atoms with E-state index in [4.69, 9.17) is 0 Å². The standard InChI is InChI=1S/C14H24N2O2/c1-2-5-13(17)14(18)10-11-8-9-16(15-11)12-6-3-4-7-12/h8-9,12-14,17-18H,2-7,10H2,1H3. The summed E-state index contributed by atoms with van der Waals surface area (Å²) >= 11 is 0. The van der Waals surface area contributed by atoms with Gasteiger partial charge in [-0.3, -0.25) is 4.68 Å². The summed E-state index contributed by atoms with van der Waals surface area (Å²) in [7, 11) is 0. The van der Waals surface area contributed by atoms with E-state index in [1.165, 1.54) is 25.7 Å². The van der Waals surface area contributed by atoms with Crippen molar-refractivity contribution < 1.29 is 10.2 Å². The van der Waals surface area contributed by atoms with Crippen molar-refractivity contribution in [2.24, 2.45) is 0 Å². The third-order valence-electron chi connectivity index (χ3n) is 3.81. The van der Waals surface area contributed by atoms with Crippen molar-refractivity contribution in [2.45, 2.75) is 70.1 Å². The maximum atomic E-state index is 9.88. The number of nitrogens with zero attached hydrogens (tertiary/aromatic N) is 2. The number of aliphatic hydroxyl groups excluding tert-OH is 2. The highest BCUT2D eigenvalue weighted by Crippen LogP contribution is 2.28. The first kappa shape index (κ1) is 13.6. The highest BCUT2D eigenvalue weighted by molar-refractivity contribution is 5.02. The first-order valence-electron chi connectivity index (χ1n) is 7.11. The summed E-state index contributed by atoms with van der Waals surface area (Å²) in [5.74, 6) is 0. The SMILES string of the molecule is CCCC(O)C(O)Cc1ccn(C2CCCC2)n1. The van der Waals surface area contributed by atoms with Crippen LogP contribution >= 0.6 is 0 Å². The second kappa shape index (κ2) is 6.34. The van der Waals surface area contributed by atoms with E-state index in [1.54, 1.807) is 0 Å². The molecule has 4 nitrogen and oxygen atoms in total. The first-order chi connectivity index (χ1) is 8.70. The molecule has 2 atom stereocenters. The molecule has 2 unspecified atom stereocenters. The lowest BCUT2D eigenvalue weighted by atomic mass is 10.0. The summed E-state index contributed by atoms with van der Waals surface area (Å²) in [6.45, 7) is 2.00. The summed E-state index contributed by atoms with van der Waals surface area (Å²) in [6.07, 6.45) is 7.65. The molecule has 18 heavy (non-hydrogen) atoms. The minimum Gasteiger partial charge on any atom is -0.390 e. The Morgan fingerprint density at radius 2 is 2.06 bits per heavy atom. The molecule has 0 aliphatic heterocycles. The fraction of sp³-hybridized carbons (Fsp3) is 0.786. The van der Waals surface area contributed by atoms with E-state index >= 15 is 0 Å². The largest absolute Gasteiger partial charge is 0.390 e. The van der Waals surface area contributed by atoms with Crippen LogP contribution in [0.25, 0.3) is 0 Å². The fourth-order valence-corrected chi connectivity index (χ4v) is 2.70. The Hall–Kier alpha value is -0.870. The van der Waals surface area contributed by atoms with Crippen LogP contribution < -0.4 is 0 Å². The molecule has 0 amide bonds. The third-order valence-corrected chi connectivity index (χ3v) is 3.81. The second-order valence-electron chi connectivity index (χ2n) is 5.35. The van der Waals surface area contributed by atoms with Crippen LogP contribution in [0.15, 0.2) is 12.3 Å². The van der Waals surface area contributed by atoms with Crippen LogP contribution in [0.4, 0.5) is 0 Å². The molecule has 2 rings (SSSR count). The van der Waals surface area contributed by atoms with Crippen LogP contribution in [0.3, 0.4) is 0 Å². The summed E-state index contributed by atoms with van der Waals surface area (Å²) in [4.78, 5) is 0. The van der Waals surface area contributed by atoms with Crippen molar-refractivity contribution in [3.8, 4) is 0 Å². The Morgan fingerprint density at radius 3 is 2.72 bits per heavy atom. The lowest BCUT2D eigenvalue weighted by molar-refractivity contribution is 0.0142. The van der Waals surface area contributed by atoms with Gasteiger partial charge in [0.2, 0.25) is 0 Å². The fourth-order valence-electron chi connectivity index (χ4n) is 2.70. The zero-order valence-electron chi connectivity index (χ0n) is 11.1. The molecule has 1 aliphatic rings. The second-order valence-corrected chi connectivity index (χ2v) is 5.35. The summed E-state index contributed by atoms with van der Waals surface area (Å²) < 4.78 is 2.03. The Balaban J connectivity index is 1.89. The molecule has 1 saturated carbocycles. The molecule has 0 saturated heterocycles. The average Bonchev–Trinajstić information content (AvgIpc) is 2.98.